The Morgan fingerprint density at radius 1 is 1.42 bits per heavy atom. The van der Waals surface area contributed by atoms with E-state index >= 15 is 0 Å². The fourth-order valence-corrected chi connectivity index (χ4v) is 2.14. The number of carboxylic acids is 1. The maximum Gasteiger partial charge on any atom is 0.320 e. The van der Waals surface area contributed by atoms with Gasteiger partial charge in [0.05, 0.1) is 0 Å². The number of nitrogens with one attached hydrogen (secondary N) is 1. The Morgan fingerprint density at radius 2 is 2.11 bits per heavy atom. The van der Waals surface area contributed by atoms with E-state index < -0.39 is 12.0 Å². The molecule has 1 heterocycles. The molecule has 0 saturated carbocycles. The van der Waals surface area contributed by atoms with Crippen LogP contribution < -0.4 is 5.73 Å². The monoisotopic (exact) mass is 260 g/mol. The first kappa shape index (κ1) is 13.6. The molecule has 1 aromatic heterocycles. The second-order valence-electron chi connectivity index (χ2n) is 5.97. The highest BCUT2D eigenvalue weighted by Crippen LogP contribution is 2.28. The van der Waals surface area contributed by atoms with Gasteiger partial charge in [0.1, 0.15) is 6.04 Å². The summed E-state index contributed by atoms with van der Waals surface area (Å²) >= 11 is 0. The average molecular weight is 260 g/mol. The second kappa shape index (κ2) is 4.70. The van der Waals surface area contributed by atoms with Gasteiger partial charge in [-0.3, -0.25) is 4.79 Å². The van der Waals surface area contributed by atoms with Crippen molar-refractivity contribution in [2.45, 2.75) is 38.6 Å². The zero-order valence-corrected chi connectivity index (χ0v) is 11.5. The molecule has 0 unspecified atom stereocenters. The molecule has 1 aromatic carbocycles. The van der Waals surface area contributed by atoms with Crippen molar-refractivity contribution in [3.63, 3.8) is 0 Å². The van der Waals surface area contributed by atoms with Gasteiger partial charge in [-0.2, -0.15) is 0 Å². The Kier molecular flexibility index (Phi) is 3.37. The predicted molar refractivity (Wildman–Crippen MR) is 76.3 cm³/mol. The zero-order chi connectivity index (χ0) is 14.2. The Hall–Kier alpha value is -1.81. The first-order valence-electron chi connectivity index (χ1n) is 6.38. The SMILES string of the molecule is CC(C)(C)c1ccc2[nH]cc(C[C@H](N)C(=O)O)c2c1. The molecule has 0 aliphatic carbocycles. The number of aromatic amines is 1. The highest BCUT2D eigenvalue weighted by Gasteiger charge is 2.18. The summed E-state index contributed by atoms with van der Waals surface area (Å²) in [5.41, 5.74) is 8.87. The van der Waals surface area contributed by atoms with Gasteiger partial charge in [-0.15, -0.1) is 0 Å². The number of aliphatic carboxylic acids is 1. The van der Waals surface area contributed by atoms with E-state index in [1.807, 2.05) is 12.3 Å². The molecular formula is C15H20N2O2. The summed E-state index contributed by atoms with van der Waals surface area (Å²) in [5, 5.41) is 9.96. The topological polar surface area (TPSA) is 79.1 Å². The van der Waals surface area contributed by atoms with Gasteiger partial charge in [0.15, 0.2) is 0 Å². The molecule has 0 amide bonds. The van der Waals surface area contributed by atoms with Crippen LogP contribution in [-0.4, -0.2) is 22.1 Å². The Balaban J connectivity index is 2.43. The van der Waals surface area contributed by atoms with Crippen LogP contribution in [0.5, 0.6) is 0 Å². The second-order valence-corrected chi connectivity index (χ2v) is 5.97. The van der Waals surface area contributed by atoms with Gasteiger partial charge >= 0.3 is 5.97 Å². The Labute approximate surface area is 112 Å². The van der Waals surface area contributed by atoms with E-state index in [0.29, 0.717) is 6.42 Å². The van der Waals surface area contributed by atoms with E-state index in [-0.39, 0.29) is 5.41 Å². The quantitative estimate of drug-likeness (QED) is 0.793. The molecule has 4 N–H and O–H groups in total. The van der Waals surface area contributed by atoms with Crippen molar-refractivity contribution in [3.05, 3.63) is 35.5 Å². The molecule has 1 atom stereocenters. The number of benzene rings is 1. The number of hydrogen-bond donors (Lipinski definition) is 3. The number of hydrogen-bond acceptors (Lipinski definition) is 2. The van der Waals surface area contributed by atoms with Crippen LogP contribution in [0.3, 0.4) is 0 Å². The standard InChI is InChI=1S/C15H20N2O2/c1-15(2,3)10-4-5-13-11(7-10)9(8-17-13)6-12(16)14(18)19/h4-5,7-8,12,17H,6,16H2,1-3H3,(H,18,19)/t12-/m0/s1. The van der Waals surface area contributed by atoms with Gasteiger partial charge in [-0.25, -0.2) is 0 Å². The van der Waals surface area contributed by atoms with Crippen molar-refractivity contribution < 1.29 is 9.90 Å². The molecule has 0 aliphatic rings. The number of nitrogens with two attached hydrogens (primary N) is 1. The lowest BCUT2D eigenvalue weighted by atomic mass is 9.86. The summed E-state index contributed by atoms with van der Waals surface area (Å²) in [4.78, 5) is 14.0. The number of aromatic nitrogens is 1. The first-order valence-corrected chi connectivity index (χ1v) is 6.38. The third-order valence-electron chi connectivity index (χ3n) is 3.39. The number of rotatable bonds is 3. The van der Waals surface area contributed by atoms with Gasteiger partial charge in [-0.1, -0.05) is 26.8 Å². The van der Waals surface area contributed by atoms with Crippen LogP contribution in [0.2, 0.25) is 0 Å². The molecule has 0 bridgehead atoms. The van der Waals surface area contributed by atoms with Crippen LogP contribution in [0.1, 0.15) is 31.9 Å². The average Bonchev–Trinajstić information content (AvgIpc) is 2.70. The molecule has 0 spiro atoms. The smallest absolute Gasteiger partial charge is 0.320 e. The van der Waals surface area contributed by atoms with Gasteiger partial charge < -0.3 is 15.8 Å². The largest absolute Gasteiger partial charge is 0.480 e. The molecule has 2 aromatic rings. The maximum atomic E-state index is 10.9. The van der Waals surface area contributed by atoms with E-state index in [0.717, 1.165) is 16.5 Å². The molecule has 0 saturated heterocycles. The van der Waals surface area contributed by atoms with Crippen LogP contribution in [0.25, 0.3) is 10.9 Å². The summed E-state index contributed by atoms with van der Waals surface area (Å²) < 4.78 is 0. The number of H-pyrrole nitrogens is 1. The van der Waals surface area contributed by atoms with Gasteiger partial charge in [-0.05, 0) is 28.7 Å². The van der Waals surface area contributed by atoms with Crippen LogP contribution in [0, 0.1) is 0 Å². The third kappa shape index (κ3) is 2.79. The number of carbonyl (C=O) groups is 1. The molecular weight excluding hydrogens is 240 g/mol. The fourth-order valence-electron chi connectivity index (χ4n) is 2.14. The normalized spacial score (nSPS) is 13.7. The fraction of sp³-hybridized carbons (Fsp3) is 0.400. The van der Waals surface area contributed by atoms with Gasteiger partial charge in [0.2, 0.25) is 0 Å². The summed E-state index contributed by atoms with van der Waals surface area (Å²) in [6.45, 7) is 6.47. The molecule has 102 valence electrons. The highest BCUT2D eigenvalue weighted by atomic mass is 16.4. The number of carboxylic acid groups (broad SMARTS) is 1. The lowest BCUT2D eigenvalue weighted by Gasteiger charge is -2.19. The van der Waals surface area contributed by atoms with Crippen molar-refractivity contribution >= 4 is 16.9 Å². The Morgan fingerprint density at radius 3 is 2.68 bits per heavy atom. The third-order valence-corrected chi connectivity index (χ3v) is 3.39. The van der Waals surface area contributed by atoms with Crippen molar-refractivity contribution in [1.82, 2.24) is 4.98 Å². The molecule has 0 radical (unpaired) electrons. The maximum absolute atomic E-state index is 10.9. The van der Waals surface area contributed by atoms with Crippen molar-refractivity contribution in [1.29, 1.82) is 0 Å². The number of fused-ring (bicyclic) bond motifs is 1. The summed E-state index contributed by atoms with van der Waals surface area (Å²) in [5.74, 6) is -0.971. The van der Waals surface area contributed by atoms with Crippen LogP contribution >= 0.6 is 0 Å². The molecule has 0 fully saturated rings. The highest BCUT2D eigenvalue weighted by molar-refractivity contribution is 5.85. The first-order chi connectivity index (χ1) is 8.79. The van der Waals surface area contributed by atoms with E-state index in [1.165, 1.54) is 5.56 Å². The van der Waals surface area contributed by atoms with Crippen molar-refractivity contribution in [3.8, 4) is 0 Å². The summed E-state index contributed by atoms with van der Waals surface area (Å²) in [6.07, 6.45) is 2.18. The lowest BCUT2D eigenvalue weighted by molar-refractivity contribution is -0.138. The van der Waals surface area contributed by atoms with Gasteiger partial charge in [0, 0.05) is 23.5 Å². The minimum Gasteiger partial charge on any atom is -0.480 e. The van der Waals surface area contributed by atoms with Crippen LogP contribution in [0.4, 0.5) is 0 Å². The molecule has 0 aliphatic heterocycles. The van der Waals surface area contributed by atoms with Crippen molar-refractivity contribution in [2.75, 3.05) is 0 Å². The van der Waals surface area contributed by atoms with Crippen molar-refractivity contribution in [2.24, 2.45) is 5.73 Å². The molecule has 4 heteroatoms. The summed E-state index contributed by atoms with van der Waals surface area (Å²) in [6, 6.07) is 5.39. The van der Waals surface area contributed by atoms with E-state index in [9.17, 15) is 4.79 Å². The lowest BCUT2D eigenvalue weighted by Crippen LogP contribution is -2.32. The van der Waals surface area contributed by atoms with Gasteiger partial charge in [0.25, 0.3) is 0 Å². The zero-order valence-electron chi connectivity index (χ0n) is 11.5. The summed E-state index contributed by atoms with van der Waals surface area (Å²) in [7, 11) is 0. The molecule has 19 heavy (non-hydrogen) atoms. The van der Waals surface area contributed by atoms with E-state index in [4.69, 9.17) is 10.8 Å². The minimum atomic E-state index is -0.971. The minimum absolute atomic E-state index is 0.0671. The van der Waals surface area contributed by atoms with E-state index in [1.54, 1.807) is 0 Å². The molecule has 2 rings (SSSR count). The van der Waals surface area contributed by atoms with E-state index in [2.05, 4.69) is 37.9 Å². The predicted octanol–water partition coefficient (Wildman–Crippen LogP) is 2.42. The van der Waals surface area contributed by atoms with Crippen LogP contribution in [-0.2, 0) is 16.6 Å². The Bertz CT molecular complexity index is 608. The molecule has 4 nitrogen and oxygen atoms in total. The van der Waals surface area contributed by atoms with Crippen LogP contribution in [0.15, 0.2) is 24.4 Å².